The molecule has 3 aromatic heterocycles. The fourth-order valence-electron chi connectivity index (χ4n) is 4.48. The smallest absolute Gasteiger partial charge is 0.269 e. The van der Waals surface area contributed by atoms with Crippen LogP contribution in [0.4, 0.5) is 5.69 Å². The van der Waals surface area contributed by atoms with E-state index in [9.17, 15) is 9.59 Å². The number of rotatable bonds is 4. The van der Waals surface area contributed by atoms with Crippen LogP contribution in [0.2, 0.25) is 0 Å². The van der Waals surface area contributed by atoms with E-state index >= 15 is 0 Å². The highest BCUT2D eigenvalue weighted by atomic mass is 16.5. The maximum Gasteiger partial charge on any atom is 0.269 e. The lowest BCUT2D eigenvalue weighted by Gasteiger charge is -2.45. The van der Waals surface area contributed by atoms with Gasteiger partial charge in [-0.1, -0.05) is 6.92 Å². The number of amides is 1. The molecule has 9 nitrogen and oxygen atoms in total. The summed E-state index contributed by atoms with van der Waals surface area (Å²) >= 11 is 0. The standard InChI is InChI=1S/C23H26N6O3/c1-3-15-9-18-19(26-21(15)30)8-14(10-25-18)11-28-6-7-29-16(12-28)13-32-23-20(29)5-4-17(27-23)22(31)24-2/h4-5,8-10,16H,3,6-7,11-13H2,1-2H3,(H,24,31)(H,26,30)/t16-/m0/s1. The predicted molar refractivity (Wildman–Crippen MR) is 121 cm³/mol. The molecule has 1 atom stereocenters. The van der Waals surface area contributed by atoms with Crippen LogP contribution in [0.3, 0.4) is 0 Å². The summed E-state index contributed by atoms with van der Waals surface area (Å²) in [5.74, 6) is 0.296. The summed E-state index contributed by atoms with van der Waals surface area (Å²) in [6.45, 7) is 5.83. The molecule has 9 heteroatoms. The maximum atomic E-state index is 12.2. The van der Waals surface area contributed by atoms with Gasteiger partial charge in [-0.15, -0.1) is 0 Å². The number of H-pyrrole nitrogens is 1. The van der Waals surface area contributed by atoms with E-state index < -0.39 is 0 Å². The average molecular weight is 435 g/mol. The molecule has 166 valence electrons. The van der Waals surface area contributed by atoms with Gasteiger partial charge in [0.15, 0.2) is 0 Å². The molecule has 2 aliphatic heterocycles. The van der Waals surface area contributed by atoms with Gasteiger partial charge in [-0.2, -0.15) is 0 Å². The third kappa shape index (κ3) is 3.69. The fourth-order valence-corrected chi connectivity index (χ4v) is 4.48. The number of fused-ring (bicyclic) bond motifs is 4. The minimum Gasteiger partial charge on any atom is -0.474 e. The van der Waals surface area contributed by atoms with Crippen LogP contribution in [0.25, 0.3) is 11.0 Å². The van der Waals surface area contributed by atoms with Crippen LogP contribution in [-0.2, 0) is 13.0 Å². The monoisotopic (exact) mass is 434 g/mol. The highest BCUT2D eigenvalue weighted by Crippen LogP contribution is 2.34. The molecule has 1 amide bonds. The van der Waals surface area contributed by atoms with Crippen LogP contribution >= 0.6 is 0 Å². The number of aryl methyl sites for hydroxylation is 1. The van der Waals surface area contributed by atoms with Crippen LogP contribution in [-0.4, -0.2) is 65.1 Å². The molecule has 2 N–H and O–H groups in total. The van der Waals surface area contributed by atoms with E-state index in [1.165, 1.54) is 0 Å². The first-order valence-corrected chi connectivity index (χ1v) is 10.9. The molecule has 0 radical (unpaired) electrons. The second kappa shape index (κ2) is 8.23. The second-order valence-corrected chi connectivity index (χ2v) is 8.25. The van der Waals surface area contributed by atoms with Crippen molar-refractivity contribution >= 4 is 22.6 Å². The van der Waals surface area contributed by atoms with E-state index in [4.69, 9.17) is 4.74 Å². The van der Waals surface area contributed by atoms with Crippen molar-refractivity contribution in [3.63, 3.8) is 0 Å². The zero-order valence-corrected chi connectivity index (χ0v) is 18.2. The van der Waals surface area contributed by atoms with Crippen molar-refractivity contribution in [3.8, 4) is 5.88 Å². The maximum absolute atomic E-state index is 12.2. The van der Waals surface area contributed by atoms with Crippen LogP contribution < -0.4 is 20.5 Å². The zero-order chi connectivity index (χ0) is 22.2. The molecule has 3 aromatic rings. The minimum absolute atomic E-state index is 0.0428. The molecule has 0 aromatic carbocycles. The number of aromatic amines is 1. The Morgan fingerprint density at radius 2 is 2.19 bits per heavy atom. The molecule has 0 unspecified atom stereocenters. The molecule has 0 aliphatic carbocycles. The topological polar surface area (TPSA) is 103 Å². The lowest BCUT2D eigenvalue weighted by molar-refractivity contribution is 0.0956. The van der Waals surface area contributed by atoms with E-state index in [0.717, 1.165) is 54.0 Å². The van der Waals surface area contributed by atoms with Gasteiger partial charge in [0.25, 0.3) is 11.5 Å². The lowest BCUT2D eigenvalue weighted by atomic mass is 10.1. The summed E-state index contributed by atoms with van der Waals surface area (Å²) in [5, 5.41) is 2.59. The van der Waals surface area contributed by atoms with Gasteiger partial charge in [-0.25, -0.2) is 4.98 Å². The Kier molecular flexibility index (Phi) is 5.26. The number of piperazine rings is 1. The van der Waals surface area contributed by atoms with Gasteiger partial charge in [0.05, 0.1) is 17.1 Å². The van der Waals surface area contributed by atoms with Gasteiger partial charge < -0.3 is 19.9 Å². The van der Waals surface area contributed by atoms with Gasteiger partial charge in [0.1, 0.15) is 18.0 Å². The van der Waals surface area contributed by atoms with E-state index in [0.29, 0.717) is 24.6 Å². The molecular weight excluding hydrogens is 408 g/mol. The number of pyridine rings is 3. The summed E-state index contributed by atoms with van der Waals surface area (Å²) in [7, 11) is 1.59. The largest absolute Gasteiger partial charge is 0.474 e. The Morgan fingerprint density at radius 3 is 3.00 bits per heavy atom. The minimum atomic E-state index is -0.223. The van der Waals surface area contributed by atoms with Crippen molar-refractivity contribution in [2.45, 2.75) is 25.9 Å². The van der Waals surface area contributed by atoms with Crippen molar-refractivity contribution in [3.05, 3.63) is 57.6 Å². The number of carbonyl (C=O) groups is 1. The van der Waals surface area contributed by atoms with Crippen molar-refractivity contribution in [2.24, 2.45) is 0 Å². The normalized spacial score (nSPS) is 18.1. The summed E-state index contributed by atoms with van der Waals surface area (Å²) in [4.78, 5) is 40.6. The van der Waals surface area contributed by atoms with Crippen LogP contribution in [0.1, 0.15) is 28.5 Å². The highest BCUT2D eigenvalue weighted by molar-refractivity contribution is 5.92. The Bertz CT molecular complexity index is 1240. The highest BCUT2D eigenvalue weighted by Gasteiger charge is 2.34. The Labute approximate surface area is 185 Å². The predicted octanol–water partition coefficient (Wildman–Crippen LogP) is 1.32. The number of anilines is 1. The Hall–Kier alpha value is -3.46. The summed E-state index contributed by atoms with van der Waals surface area (Å²) in [6, 6.07) is 7.76. The van der Waals surface area contributed by atoms with E-state index in [2.05, 4.69) is 30.1 Å². The third-order valence-electron chi connectivity index (χ3n) is 6.20. The van der Waals surface area contributed by atoms with Crippen molar-refractivity contribution in [1.82, 2.24) is 25.2 Å². The van der Waals surface area contributed by atoms with Crippen LogP contribution in [0.5, 0.6) is 5.88 Å². The van der Waals surface area contributed by atoms with Gasteiger partial charge in [0, 0.05) is 45.0 Å². The molecule has 5 heterocycles. The molecule has 1 fully saturated rings. The Balaban J connectivity index is 1.30. The number of ether oxygens (including phenoxy) is 1. The fraction of sp³-hybridized carbons (Fsp3) is 0.391. The Morgan fingerprint density at radius 1 is 1.31 bits per heavy atom. The molecule has 0 saturated carbocycles. The van der Waals surface area contributed by atoms with E-state index in [1.54, 1.807) is 13.1 Å². The van der Waals surface area contributed by atoms with Crippen LogP contribution in [0, 0.1) is 0 Å². The number of nitrogens with one attached hydrogen (secondary N) is 2. The van der Waals surface area contributed by atoms with E-state index in [-0.39, 0.29) is 17.5 Å². The quantitative estimate of drug-likeness (QED) is 0.638. The SMILES string of the molecule is CCc1cc2ncc(CN3CCN4c5ccc(C(=O)NC)nc5OC[C@@H]4C3)cc2[nH]c1=O. The summed E-state index contributed by atoms with van der Waals surface area (Å²) in [6.07, 6.45) is 2.58. The molecule has 0 spiro atoms. The molecule has 5 rings (SSSR count). The molecular formula is C23H26N6O3. The average Bonchev–Trinajstić information content (AvgIpc) is 2.82. The third-order valence-corrected chi connectivity index (χ3v) is 6.20. The molecule has 2 aliphatic rings. The van der Waals surface area contributed by atoms with Crippen LogP contribution in [0.15, 0.2) is 35.3 Å². The number of hydrogen-bond donors (Lipinski definition) is 2. The number of hydrogen-bond acceptors (Lipinski definition) is 7. The molecule has 0 bridgehead atoms. The second-order valence-electron chi connectivity index (χ2n) is 8.25. The number of nitrogens with zero attached hydrogens (tertiary/aromatic N) is 4. The zero-order valence-electron chi connectivity index (χ0n) is 18.2. The number of carbonyl (C=O) groups excluding carboxylic acids is 1. The van der Waals surface area contributed by atoms with Crippen molar-refractivity contribution < 1.29 is 9.53 Å². The van der Waals surface area contributed by atoms with Crippen molar-refractivity contribution in [2.75, 3.05) is 38.2 Å². The van der Waals surface area contributed by atoms with Gasteiger partial charge in [-0.3, -0.25) is 19.5 Å². The van der Waals surface area contributed by atoms with Gasteiger partial charge in [-0.05, 0) is 36.2 Å². The summed E-state index contributed by atoms with van der Waals surface area (Å²) < 4.78 is 5.91. The van der Waals surface area contributed by atoms with E-state index in [1.807, 2.05) is 31.3 Å². The summed E-state index contributed by atoms with van der Waals surface area (Å²) in [5.41, 5.74) is 4.66. The first kappa shape index (κ1) is 20.4. The molecule has 1 saturated heterocycles. The first-order chi connectivity index (χ1) is 15.6. The molecule has 32 heavy (non-hydrogen) atoms. The van der Waals surface area contributed by atoms with Gasteiger partial charge >= 0.3 is 0 Å². The van der Waals surface area contributed by atoms with Gasteiger partial charge in [0.2, 0.25) is 5.88 Å². The lowest BCUT2D eigenvalue weighted by Crippen LogP contribution is -2.57. The van der Waals surface area contributed by atoms with Crippen molar-refractivity contribution in [1.29, 1.82) is 0 Å². The number of aromatic nitrogens is 3. The first-order valence-electron chi connectivity index (χ1n) is 10.9.